The number of aliphatic carboxylic acids is 1. The normalized spacial score (nSPS) is 12.8. The highest BCUT2D eigenvalue weighted by atomic mass is 16.4. The van der Waals surface area contributed by atoms with Gasteiger partial charge in [0.25, 0.3) is 0 Å². The van der Waals surface area contributed by atoms with Gasteiger partial charge >= 0.3 is 5.97 Å². The van der Waals surface area contributed by atoms with Crippen molar-refractivity contribution in [1.82, 2.24) is 4.90 Å². The zero-order valence-corrected chi connectivity index (χ0v) is 9.40. The van der Waals surface area contributed by atoms with Crippen LogP contribution in [0.15, 0.2) is 24.3 Å². The Labute approximate surface area is 90.3 Å². The zero-order chi connectivity index (χ0) is 11.4. The van der Waals surface area contributed by atoms with E-state index >= 15 is 0 Å². The fourth-order valence-electron chi connectivity index (χ4n) is 1.38. The third kappa shape index (κ3) is 3.06. The Bertz CT molecular complexity index is 349. The number of nitrogens with zero attached hydrogens (tertiary/aromatic N) is 1. The predicted octanol–water partition coefficient (Wildman–Crippen LogP) is 1.90. The number of hydrogen-bond acceptors (Lipinski definition) is 2. The lowest BCUT2D eigenvalue weighted by Gasteiger charge is -2.21. The first-order valence-electron chi connectivity index (χ1n) is 5.00. The summed E-state index contributed by atoms with van der Waals surface area (Å²) in [5, 5.41) is 8.86. The Kier molecular flexibility index (Phi) is 3.86. The van der Waals surface area contributed by atoms with E-state index in [1.807, 2.05) is 43.1 Å². The van der Waals surface area contributed by atoms with Gasteiger partial charge in [0.05, 0.1) is 0 Å². The summed E-state index contributed by atoms with van der Waals surface area (Å²) < 4.78 is 0. The second-order valence-corrected chi connectivity index (χ2v) is 3.86. The van der Waals surface area contributed by atoms with Crippen molar-refractivity contribution in [3.8, 4) is 0 Å². The minimum absolute atomic E-state index is 0.454. The number of carbonyl (C=O) groups is 1. The van der Waals surface area contributed by atoms with Gasteiger partial charge in [0.2, 0.25) is 0 Å². The molecule has 3 nitrogen and oxygen atoms in total. The molecule has 15 heavy (non-hydrogen) atoms. The number of aryl methyl sites for hydroxylation is 1. The van der Waals surface area contributed by atoms with Crippen LogP contribution in [0.1, 0.15) is 18.1 Å². The van der Waals surface area contributed by atoms with E-state index in [9.17, 15) is 4.79 Å². The van der Waals surface area contributed by atoms with Gasteiger partial charge in [-0.2, -0.15) is 0 Å². The summed E-state index contributed by atoms with van der Waals surface area (Å²) in [6.45, 7) is 4.40. The first kappa shape index (κ1) is 11.7. The molecular weight excluding hydrogens is 190 g/mol. The molecule has 0 heterocycles. The summed E-state index contributed by atoms with van der Waals surface area (Å²) in [5.41, 5.74) is 2.37. The van der Waals surface area contributed by atoms with Crippen molar-refractivity contribution in [1.29, 1.82) is 0 Å². The van der Waals surface area contributed by atoms with Crippen molar-refractivity contribution in [3.63, 3.8) is 0 Å². The highest BCUT2D eigenvalue weighted by Crippen LogP contribution is 2.11. The topological polar surface area (TPSA) is 40.5 Å². The van der Waals surface area contributed by atoms with Gasteiger partial charge in [-0.3, -0.25) is 9.69 Å². The molecule has 0 saturated heterocycles. The van der Waals surface area contributed by atoms with Crippen LogP contribution in [-0.4, -0.2) is 29.1 Å². The molecule has 1 aromatic carbocycles. The van der Waals surface area contributed by atoms with Crippen LogP contribution in [0.4, 0.5) is 0 Å². The van der Waals surface area contributed by atoms with E-state index in [-0.39, 0.29) is 0 Å². The molecule has 0 aromatic heterocycles. The van der Waals surface area contributed by atoms with Gasteiger partial charge in [0, 0.05) is 6.54 Å². The van der Waals surface area contributed by atoms with E-state index < -0.39 is 12.0 Å². The largest absolute Gasteiger partial charge is 0.480 e. The summed E-state index contributed by atoms with van der Waals surface area (Å²) in [4.78, 5) is 12.6. The van der Waals surface area contributed by atoms with Crippen LogP contribution in [0, 0.1) is 6.92 Å². The third-order valence-corrected chi connectivity index (χ3v) is 2.70. The minimum Gasteiger partial charge on any atom is -0.480 e. The van der Waals surface area contributed by atoms with Crippen molar-refractivity contribution in [3.05, 3.63) is 35.4 Å². The van der Waals surface area contributed by atoms with Crippen LogP contribution in [0.3, 0.4) is 0 Å². The van der Waals surface area contributed by atoms with Crippen LogP contribution >= 0.6 is 0 Å². The smallest absolute Gasteiger partial charge is 0.320 e. The molecule has 0 saturated carbocycles. The highest BCUT2D eigenvalue weighted by Gasteiger charge is 2.16. The Hall–Kier alpha value is -1.35. The van der Waals surface area contributed by atoms with Crippen LogP contribution in [0.5, 0.6) is 0 Å². The second kappa shape index (κ2) is 4.94. The average molecular weight is 207 g/mol. The van der Waals surface area contributed by atoms with Gasteiger partial charge in [-0.15, -0.1) is 0 Å². The minimum atomic E-state index is -0.786. The summed E-state index contributed by atoms with van der Waals surface area (Å²) in [5.74, 6) is -0.786. The molecule has 0 amide bonds. The maximum atomic E-state index is 10.8. The standard InChI is InChI=1S/C12H17NO2/c1-9-6-4-5-7-11(9)8-13(3)10(2)12(14)15/h4-7,10H,8H2,1-3H3,(H,14,15). The van der Waals surface area contributed by atoms with E-state index in [0.717, 1.165) is 0 Å². The number of likely N-dealkylation sites (N-methyl/N-ethyl adjacent to an activating group) is 1. The van der Waals surface area contributed by atoms with Crippen LogP contribution < -0.4 is 0 Å². The molecule has 3 heteroatoms. The van der Waals surface area contributed by atoms with Gasteiger partial charge in [-0.1, -0.05) is 24.3 Å². The molecule has 0 fully saturated rings. The number of rotatable bonds is 4. The lowest BCUT2D eigenvalue weighted by molar-refractivity contribution is -0.142. The number of carboxylic acids is 1. The average Bonchev–Trinajstić information content (AvgIpc) is 2.20. The van der Waals surface area contributed by atoms with Gasteiger partial charge in [0.15, 0.2) is 0 Å². The lowest BCUT2D eigenvalue weighted by atomic mass is 10.1. The van der Waals surface area contributed by atoms with Crippen LogP contribution in [-0.2, 0) is 11.3 Å². The van der Waals surface area contributed by atoms with Gasteiger partial charge < -0.3 is 5.11 Å². The SMILES string of the molecule is Cc1ccccc1CN(C)C(C)C(=O)O. The molecule has 1 aromatic rings. The van der Waals surface area contributed by atoms with Crippen molar-refractivity contribution in [2.24, 2.45) is 0 Å². The molecule has 1 N–H and O–H groups in total. The lowest BCUT2D eigenvalue weighted by Crippen LogP contribution is -2.35. The molecule has 0 aliphatic heterocycles. The maximum absolute atomic E-state index is 10.8. The molecular formula is C12H17NO2. The molecule has 1 atom stereocenters. The van der Waals surface area contributed by atoms with Gasteiger partial charge in [-0.25, -0.2) is 0 Å². The second-order valence-electron chi connectivity index (χ2n) is 3.86. The van der Waals surface area contributed by atoms with E-state index in [1.54, 1.807) is 6.92 Å². The molecule has 0 bridgehead atoms. The molecule has 0 radical (unpaired) electrons. The van der Waals surface area contributed by atoms with E-state index in [1.165, 1.54) is 11.1 Å². The number of benzene rings is 1. The van der Waals surface area contributed by atoms with Crippen molar-refractivity contribution in [2.75, 3.05) is 7.05 Å². The zero-order valence-electron chi connectivity index (χ0n) is 9.40. The summed E-state index contributed by atoms with van der Waals surface area (Å²) in [7, 11) is 1.82. The summed E-state index contributed by atoms with van der Waals surface area (Å²) in [6, 6.07) is 7.57. The molecule has 0 aliphatic rings. The first-order chi connectivity index (χ1) is 7.02. The van der Waals surface area contributed by atoms with Crippen molar-refractivity contribution < 1.29 is 9.90 Å². The Morgan fingerprint density at radius 1 is 1.47 bits per heavy atom. The Morgan fingerprint density at radius 3 is 2.60 bits per heavy atom. The third-order valence-electron chi connectivity index (χ3n) is 2.70. The number of hydrogen-bond donors (Lipinski definition) is 1. The van der Waals surface area contributed by atoms with E-state index in [4.69, 9.17) is 5.11 Å². The molecule has 1 rings (SSSR count). The van der Waals surface area contributed by atoms with Crippen molar-refractivity contribution in [2.45, 2.75) is 26.4 Å². The van der Waals surface area contributed by atoms with Crippen LogP contribution in [0.25, 0.3) is 0 Å². The molecule has 82 valence electrons. The van der Waals surface area contributed by atoms with Crippen molar-refractivity contribution >= 4 is 5.97 Å². The quantitative estimate of drug-likeness (QED) is 0.819. The monoisotopic (exact) mass is 207 g/mol. The summed E-state index contributed by atoms with van der Waals surface area (Å²) in [6.07, 6.45) is 0. The molecule has 1 unspecified atom stereocenters. The fraction of sp³-hybridized carbons (Fsp3) is 0.417. The van der Waals surface area contributed by atoms with Gasteiger partial charge in [-0.05, 0) is 32.0 Å². The first-order valence-corrected chi connectivity index (χ1v) is 5.00. The Balaban J connectivity index is 2.70. The molecule has 0 spiro atoms. The number of carboxylic acid groups (broad SMARTS) is 1. The van der Waals surface area contributed by atoms with Crippen LogP contribution in [0.2, 0.25) is 0 Å². The highest BCUT2D eigenvalue weighted by molar-refractivity contribution is 5.72. The fourth-order valence-corrected chi connectivity index (χ4v) is 1.38. The maximum Gasteiger partial charge on any atom is 0.320 e. The Morgan fingerprint density at radius 2 is 2.07 bits per heavy atom. The summed E-state index contributed by atoms with van der Waals surface area (Å²) >= 11 is 0. The predicted molar refractivity (Wildman–Crippen MR) is 59.7 cm³/mol. The van der Waals surface area contributed by atoms with Gasteiger partial charge in [0.1, 0.15) is 6.04 Å². The van der Waals surface area contributed by atoms with E-state index in [0.29, 0.717) is 6.54 Å². The van der Waals surface area contributed by atoms with E-state index in [2.05, 4.69) is 0 Å². The molecule has 0 aliphatic carbocycles.